The SMILES string of the molecule is Cc1cc(C=C2NC(=O)N(Cc3ccccc3)C2=O)c(C)n1-c1sc2c(c1C(=O)O)CCCC2. The van der Waals surface area contributed by atoms with Gasteiger partial charge in [0.1, 0.15) is 10.7 Å². The van der Waals surface area contributed by atoms with E-state index in [1.54, 1.807) is 17.4 Å². The van der Waals surface area contributed by atoms with Crippen LogP contribution in [-0.4, -0.2) is 32.5 Å². The number of hydrogen-bond donors (Lipinski definition) is 2. The number of hydrogen-bond acceptors (Lipinski definition) is 4. The summed E-state index contributed by atoms with van der Waals surface area (Å²) < 4.78 is 1.96. The fourth-order valence-electron chi connectivity index (χ4n) is 4.81. The zero-order valence-corrected chi connectivity index (χ0v) is 19.9. The molecule has 0 bridgehead atoms. The molecule has 2 aliphatic rings. The van der Waals surface area contributed by atoms with E-state index in [0.29, 0.717) is 10.6 Å². The Morgan fingerprint density at radius 3 is 2.62 bits per heavy atom. The lowest BCUT2D eigenvalue weighted by molar-refractivity contribution is -0.123. The van der Waals surface area contributed by atoms with Gasteiger partial charge in [-0.1, -0.05) is 30.3 Å². The highest BCUT2D eigenvalue weighted by atomic mass is 32.1. The van der Waals surface area contributed by atoms with Gasteiger partial charge in [0, 0.05) is 16.3 Å². The second kappa shape index (κ2) is 8.61. The van der Waals surface area contributed by atoms with E-state index >= 15 is 0 Å². The normalized spacial score (nSPS) is 16.8. The molecule has 2 aromatic heterocycles. The zero-order valence-electron chi connectivity index (χ0n) is 19.1. The van der Waals surface area contributed by atoms with E-state index < -0.39 is 12.0 Å². The van der Waals surface area contributed by atoms with Gasteiger partial charge in [-0.05, 0) is 68.4 Å². The van der Waals surface area contributed by atoms with Gasteiger partial charge in [0.2, 0.25) is 0 Å². The van der Waals surface area contributed by atoms with Crippen LogP contribution in [0, 0.1) is 13.8 Å². The molecule has 0 unspecified atom stereocenters. The summed E-state index contributed by atoms with van der Waals surface area (Å²) in [5.41, 5.74) is 4.91. The third kappa shape index (κ3) is 3.74. The van der Waals surface area contributed by atoms with E-state index in [9.17, 15) is 19.5 Å². The molecule has 0 radical (unpaired) electrons. The van der Waals surface area contributed by atoms with Gasteiger partial charge in [0.25, 0.3) is 5.91 Å². The molecule has 1 saturated heterocycles. The van der Waals surface area contributed by atoms with Crippen LogP contribution in [-0.2, 0) is 24.2 Å². The van der Waals surface area contributed by atoms with Crippen LogP contribution < -0.4 is 5.32 Å². The Bertz CT molecular complexity index is 1350. The van der Waals surface area contributed by atoms with Crippen LogP contribution in [0.3, 0.4) is 0 Å². The van der Waals surface area contributed by atoms with E-state index in [4.69, 9.17) is 0 Å². The number of nitrogens with zero attached hydrogens (tertiary/aromatic N) is 2. The largest absolute Gasteiger partial charge is 0.478 e. The second-order valence-electron chi connectivity index (χ2n) is 8.72. The number of carbonyl (C=O) groups is 3. The Balaban J connectivity index is 1.50. The van der Waals surface area contributed by atoms with Gasteiger partial charge < -0.3 is 15.0 Å². The van der Waals surface area contributed by atoms with Gasteiger partial charge in [0.05, 0.1) is 12.1 Å². The smallest absolute Gasteiger partial charge is 0.339 e. The number of fused-ring (bicyclic) bond motifs is 1. The highest BCUT2D eigenvalue weighted by molar-refractivity contribution is 7.15. The van der Waals surface area contributed by atoms with E-state index in [1.807, 2.05) is 54.8 Å². The van der Waals surface area contributed by atoms with Gasteiger partial charge in [-0.2, -0.15) is 0 Å². The van der Waals surface area contributed by atoms with Gasteiger partial charge in [0.15, 0.2) is 0 Å². The Hall–Kier alpha value is -3.65. The fraction of sp³-hybridized carbons (Fsp3) is 0.269. The molecule has 0 spiro atoms. The Morgan fingerprint density at radius 2 is 1.88 bits per heavy atom. The average Bonchev–Trinajstić information content (AvgIpc) is 3.41. The first-order valence-electron chi connectivity index (χ1n) is 11.3. The van der Waals surface area contributed by atoms with Crippen LogP contribution in [0.5, 0.6) is 0 Å². The number of amides is 3. The Labute approximate surface area is 201 Å². The minimum absolute atomic E-state index is 0.199. The summed E-state index contributed by atoms with van der Waals surface area (Å²) >= 11 is 1.55. The van der Waals surface area contributed by atoms with Crippen LogP contribution in [0.25, 0.3) is 11.1 Å². The van der Waals surface area contributed by atoms with Gasteiger partial charge in [-0.25, -0.2) is 9.59 Å². The van der Waals surface area contributed by atoms with Gasteiger partial charge in [-0.3, -0.25) is 9.69 Å². The number of aromatic nitrogens is 1. The van der Waals surface area contributed by atoms with Crippen molar-refractivity contribution in [1.29, 1.82) is 0 Å². The molecule has 0 atom stereocenters. The fourth-order valence-corrected chi connectivity index (χ4v) is 6.30. The van der Waals surface area contributed by atoms with Crippen molar-refractivity contribution in [2.75, 3.05) is 0 Å². The maximum absolute atomic E-state index is 13.0. The number of carboxylic acids is 1. The molecule has 3 aromatic rings. The number of rotatable bonds is 5. The lowest BCUT2D eigenvalue weighted by atomic mass is 9.95. The first kappa shape index (κ1) is 22.2. The summed E-state index contributed by atoms with van der Waals surface area (Å²) in [6.07, 6.45) is 5.47. The molecule has 7 nitrogen and oxygen atoms in total. The van der Waals surface area contributed by atoms with Crippen molar-refractivity contribution in [3.05, 3.63) is 80.6 Å². The molecule has 0 saturated carbocycles. The number of urea groups is 1. The molecule has 1 aromatic carbocycles. The van der Waals surface area contributed by atoms with Gasteiger partial charge in [-0.15, -0.1) is 11.3 Å². The Morgan fingerprint density at radius 1 is 1.15 bits per heavy atom. The summed E-state index contributed by atoms with van der Waals surface area (Å²) in [6.45, 7) is 4.04. The summed E-state index contributed by atoms with van der Waals surface area (Å²) in [5, 5.41) is 13.4. The number of nitrogens with one attached hydrogen (secondary N) is 1. The zero-order chi connectivity index (χ0) is 24.0. The van der Waals surface area contributed by atoms with Crippen LogP contribution in [0.4, 0.5) is 4.79 Å². The maximum Gasteiger partial charge on any atom is 0.339 e. The lowest BCUT2D eigenvalue weighted by Gasteiger charge is -2.11. The minimum Gasteiger partial charge on any atom is -0.478 e. The standard InChI is InChI=1S/C26H25N3O4S/c1-15-12-18(13-20-23(30)28(26(33)27-20)14-17-8-4-3-5-9-17)16(2)29(15)24-22(25(31)32)19-10-6-7-11-21(19)34-24/h3-5,8-9,12-13H,6-7,10-11,14H2,1-2H3,(H,27,33)(H,31,32). The molecule has 3 heterocycles. The highest BCUT2D eigenvalue weighted by Gasteiger charge is 2.34. The molecule has 5 rings (SSSR count). The topological polar surface area (TPSA) is 91.6 Å². The molecule has 34 heavy (non-hydrogen) atoms. The van der Waals surface area contributed by atoms with E-state index in [2.05, 4.69) is 5.32 Å². The molecule has 1 fully saturated rings. The number of aryl methyl sites for hydroxylation is 2. The molecule has 2 N–H and O–H groups in total. The third-order valence-electron chi connectivity index (χ3n) is 6.49. The van der Waals surface area contributed by atoms with E-state index in [1.165, 1.54) is 4.90 Å². The van der Waals surface area contributed by atoms with Crippen molar-refractivity contribution in [2.24, 2.45) is 0 Å². The molecular weight excluding hydrogens is 450 g/mol. The third-order valence-corrected chi connectivity index (χ3v) is 7.76. The number of imide groups is 1. The van der Waals surface area contributed by atoms with Crippen molar-refractivity contribution in [2.45, 2.75) is 46.1 Å². The van der Waals surface area contributed by atoms with Crippen LogP contribution in [0.2, 0.25) is 0 Å². The molecule has 8 heteroatoms. The van der Waals surface area contributed by atoms with Crippen molar-refractivity contribution in [3.63, 3.8) is 0 Å². The number of carboxylic acid groups (broad SMARTS) is 1. The second-order valence-corrected chi connectivity index (χ2v) is 9.81. The van der Waals surface area contributed by atoms with E-state index in [0.717, 1.165) is 58.6 Å². The summed E-state index contributed by atoms with van der Waals surface area (Å²) in [6, 6.07) is 10.8. The molecule has 3 amide bonds. The van der Waals surface area contributed by atoms with Crippen molar-refractivity contribution < 1.29 is 19.5 Å². The number of aromatic carboxylic acids is 1. The van der Waals surface area contributed by atoms with Gasteiger partial charge >= 0.3 is 12.0 Å². The van der Waals surface area contributed by atoms with Crippen LogP contribution >= 0.6 is 11.3 Å². The summed E-state index contributed by atoms with van der Waals surface area (Å²) in [7, 11) is 0. The number of carbonyl (C=O) groups excluding carboxylic acids is 2. The molecule has 1 aliphatic heterocycles. The minimum atomic E-state index is -0.906. The predicted octanol–water partition coefficient (Wildman–Crippen LogP) is 4.83. The lowest BCUT2D eigenvalue weighted by Crippen LogP contribution is -2.30. The number of benzene rings is 1. The monoisotopic (exact) mass is 475 g/mol. The average molecular weight is 476 g/mol. The summed E-state index contributed by atoms with van der Waals surface area (Å²) in [4.78, 5) is 40.0. The first-order valence-corrected chi connectivity index (χ1v) is 12.1. The summed E-state index contributed by atoms with van der Waals surface area (Å²) in [5.74, 6) is -1.28. The number of thiophene rings is 1. The predicted molar refractivity (Wildman–Crippen MR) is 130 cm³/mol. The van der Waals surface area contributed by atoms with Crippen molar-refractivity contribution in [3.8, 4) is 5.00 Å². The van der Waals surface area contributed by atoms with Crippen LogP contribution in [0.15, 0.2) is 42.1 Å². The van der Waals surface area contributed by atoms with Crippen molar-refractivity contribution in [1.82, 2.24) is 14.8 Å². The molecule has 1 aliphatic carbocycles. The molecule has 174 valence electrons. The van der Waals surface area contributed by atoms with Crippen LogP contribution in [0.1, 0.15) is 56.2 Å². The Kier molecular flexibility index (Phi) is 5.61. The molecular formula is C26H25N3O4S. The maximum atomic E-state index is 13.0. The first-order chi connectivity index (χ1) is 16.3. The van der Waals surface area contributed by atoms with E-state index in [-0.39, 0.29) is 18.1 Å². The van der Waals surface area contributed by atoms with Crippen molar-refractivity contribution >= 4 is 35.3 Å². The highest BCUT2D eigenvalue weighted by Crippen LogP contribution is 2.39. The quantitative estimate of drug-likeness (QED) is 0.409.